The van der Waals surface area contributed by atoms with Crippen molar-refractivity contribution in [3.8, 4) is 0 Å². The van der Waals surface area contributed by atoms with Gasteiger partial charge in [-0.2, -0.15) is 0 Å². The Balaban J connectivity index is 1.79. The lowest BCUT2D eigenvalue weighted by Crippen LogP contribution is -2.27. The number of hydrogen-bond acceptors (Lipinski definition) is 2. The summed E-state index contributed by atoms with van der Waals surface area (Å²) in [5.41, 5.74) is 2.11. The van der Waals surface area contributed by atoms with Crippen LogP contribution in [0.15, 0.2) is 42.5 Å². The minimum absolute atomic E-state index is 0.0452. The molecule has 0 spiro atoms. The zero-order valence-electron chi connectivity index (χ0n) is 10.8. The van der Waals surface area contributed by atoms with Gasteiger partial charge < -0.3 is 4.98 Å². The Kier molecular flexibility index (Phi) is 2.33. The second-order valence-electron chi connectivity index (χ2n) is 5.49. The number of imide groups is 1. The number of hydrogen-bond donors (Lipinski definition) is 2. The number of benzene rings is 1. The Morgan fingerprint density at radius 1 is 1.10 bits per heavy atom. The standard InChI is InChI=1S/C16H14N2O2/c19-15-11-6-3-5-10(14(11)16(20)18-15)13-8-9-4-1-2-7-12(9)17-13/h1-4,6-8,10-11,14,17H,5H2,(H,18,19,20). The van der Waals surface area contributed by atoms with Crippen LogP contribution in [0.25, 0.3) is 10.9 Å². The predicted molar refractivity (Wildman–Crippen MR) is 74.9 cm³/mol. The second-order valence-corrected chi connectivity index (χ2v) is 5.49. The molecule has 0 saturated carbocycles. The van der Waals surface area contributed by atoms with E-state index < -0.39 is 0 Å². The lowest BCUT2D eigenvalue weighted by Gasteiger charge is -2.25. The van der Waals surface area contributed by atoms with Crippen molar-refractivity contribution in [1.82, 2.24) is 10.3 Å². The minimum atomic E-state index is -0.312. The average Bonchev–Trinajstić information content (AvgIpc) is 3.01. The van der Waals surface area contributed by atoms with Crippen LogP contribution in [0.3, 0.4) is 0 Å². The van der Waals surface area contributed by atoms with Gasteiger partial charge in [0.15, 0.2) is 0 Å². The SMILES string of the molecule is O=C1NC(=O)C2C1C=CCC2c1cc2ccccc2[nH]1. The summed E-state index contributed by atoms with van der Waals surface area (Å²) in [7, 11) is 0. The third-order valence-electron chi connectivity index (χ3n) is 4.36. The number of aromatic nitrogens is 1. The minimum Gasteiger partial charge on any atom is -0.358 e. The molecule has 2 heterocycles. The van der Waals surface area contributed by atoms with Crippen molar-refractivity contribution >= 4 is 22.7 Å². The highest BCUT2D eigenvalue weighted by Crippen LogP contribution is 2.41. The van der Waals surface area contributed by atoms with E-state index in [4.69, 9.17) is 0 Å². The van der Waals surface area contributed by atoms with E-state index in [0.717, 1.165) is 23.0 Å². The molecule has 1 saturated heterocycles. The molecule has 2 amide bonds. The molecule has 4 nitrogen and oxygen atoms in total. The van der Waals surface area contributed by atoms with Crippen molar-refractivity contribution in [2.45, 2.75) is 12.3 Å². The molecule has 3 unspecified atom stereocenters. The van der Waals surface area contributed by atoms with Crippen molar-refractivity contribution in [2.24, 2.45) is 11.8 Å². The predicted octanol–water partition coefficient (Wildman–Crippen LogP) is 2.10. The van der Waals surface area contributed by atoms with Gasteiger partial charge in [0.25, 0.3) is 0 Å². The van der Waals surface area contributed by atoms with Gasteiger partial charge in [-0.1, -0.05) is 30.4 Å². The number of aromatic amines is 1. The van der Waals surface area contributed by atoms with E-state index in [1.165, 1.54) is 0 Å². The molecule has 4 heteroatoms. The lowest BCUT2D eigenvalue weighted by atomic mass is 9.76. The third-order valence-corrected chi connectivity index (χ3v) is 4.36. The molecule has 1 fully saturated rings. The maximum Gasteiger partial charge on any atom is 0.234 e. The summed E-state index contributed by atoms with van der Waals surface area (Å²) in [5.74, 6) is -0.859. The second kappa shape index (κ2) is 4.07. The molecule has 1 aromatic carbocycles. The summed E-state index contributed by atoms with van der Waals surface area (Å²) in [5, 5.41) is 3.59. The van der Waals surface area contributed by atoms with Gasteiger partial charge in [0.05, 0.1) is 11.8 Å². The zero-order chi connectivity index (χ0) is 13.7. The largest absolute Gasteiger partial charge is 0.358 e. The van der Waals surface area contributed by atoms with E-state index in [9.17, 15) is 9.59 Å². The number of fused-ring (bicyclic) bond motifs is 2. The zero-order valence-corrected chi connectivity index (χ0v) is 10.8. The number of amides is 2. The summed E-state index contributed by atoms with van der Waals surface area (Å²) in [4.78, 5) is 27.2. The molecular formula is C16H14N2O2. The van der Waals surface area contributed by atoms with Gasteiger partial charge >= 0.3 is 0 Å². The van der Waals surface area contributed by atoms with Crippen LogP contribution < -0.4 is 5.32 Å². The first kappa shape index (κ1) is 11.5. The summed E-state index contributed by atoms with van der Waals surface area (Å²) in [6, 6.07) is 10.1. The summed E-state index contributed by atoms with van der Waals surface area (Å²) in [6.07, 6.45) is 4.66. The van der Waals surface area contributed by atoms with Crippen LogP contribution in [0, 0.1) is 11.8 Å². The van der Waals surface area contributed by atoms with Gasteiger partial charge in [0.1, 0.15) is 0 Å². The highest BCUT2D eigenvalue weighted by Gasteiger charge is 2.46. The van der Waals surface area contributed by atoms with E-state index in [0.29, 0.717) is 0 Å². The molecule has 1 aliphatic carbocycles. The quantitative estimate of drug-likeness (QED) is 0.613. The molecular weight excluding hydrogens is 252 g/mol. The highest BCUT2D eigenvalue weighted by atomic mass is 16.2. The van der Waals surface area contributed by atoms with E-state index in [1.54, 1.807) is 0 Å². The van der Waals surface area contributed by atoms with Gasteiger partial charge in [-0.25, -0.2) is 0 Å². The van der Waals surface area contributed by atoms with Crippen LogP contribution >= 0.6 is 0 Å². The molecule has 2 aromatic rings. The monoisotopic (exact) mass is 266 g/mol. The Labute approximate surface area is 115 Å². The molecule has 0 radical (unpaired) electrons. The number of nitrogens with one attached hydrogen (secondary N) is 2. The average molecular weight is 266 g/mol. The van der Waals surface area contributed by atoms with E-state index in [-0.39, 0.29) is 29.6 Å². The fraction of sp³-hybridized carbons (Fsp3) is 0.250. The third kappa shape index (κ3) is 1.54. The number of para-hydroxylation sites is 1. The first-order chi connectivity index (χ1) is 9.74. The topological polar surface area (TPSA) is 62.0 Å². The molecule has 1 aliphatic heterocycles. The van der Waals surface area contributed by atoms with E-state index >= 15 is 0 Å². The first-order valence-electron chi connectivity index (χ1n) is 6.83. The number of allylic oxidation sites excluding steroid dienone is 1. The van der Waals surface area contributed by atoms with Crippen molar-refractivity contribution in [2.75, 3.05) is 0 Å². The van der Waals surface area contributed by atoms with Crippen LogP contribution in [0.2, 0.25) is 0 Å². The summed E-state index contributed by atoms with van der Waals surface area (Å²) >= 11 is 0. The molecule has 100 valence electrons. The molecule has 20 heavy (non-hydrogen) atoms. The molecule has 3 atom stereocenters. The van der Waals surface area contributed by atoms with Crippen molar-refractivity contribution in [3.63, 3.8) is 0 Å². The summed E-state index contributed by atoms with van der Waals surface area (Å²) in [6.45, 7) is 0. The van der Waals surface area contributed by atoms with Gasteiger partial charge in [-0.05, 0) is 23.9 Å². The number of rotatable bonds is 1. The Morgan fingerprint density at radius 3 is 2.80 bits per heavy atom. The van der Waals surface area contributed by atoms with Crippen LogP contribution in [-0.4, -0.2) is 16.8 Å². The maximum absolute atomic E-state index is 12.0. The van der Waals surface area contributed by atoms with Gasteiger partial charge in [0, 0.05) is 17.1 Å². The number of H-pyrrole nitrogens is 1. The Bertz CT molecular complexity index is 711. The Morgan fingerprint density at radius 2 is 1.95 bits per heavy atom. The maximum atomic E-state index is 12.0. The van der Waals surface area contributed by atoms with Gasteiger partial charge in [0.2, 0.25) is 11.8 Å². The van der Waals surface area contributed by atoms with Crippen LogP contribution in [0.4, 0.5) is 0 Å². The molecule has 0 bridgehead atoms. The van der Waals surface area contributed by atoms with Crippen molar-refractivity contribution in [3.05, 3.63) is 48.2 Å². The highest BCUT2D eigenvalue weighted by molar-refractivity contribution is 6.06. The first-order valence-corrected chi connectivity index (χ1v) is 6.83. The normalized spacial score (nSPS) is 28.7. The molecule has 2 N–H and O–H groups in total. The van der Waals surface area contributed by atoms with Crippen molar-refractivity contribution in [1.29, 1.82) is 0 Å². The fourth-order valence-corrected chi connectivity index (χ4v) is 3.39. The van der Waals surface area contributed by atoms with Gasteiger partial charge in [-0.15, -0.1) is 0 Å². The van der Waals surface area contributed by atoms with Crippen molar-refractivity contribution < 1.29 is 9.59 Å². The van der Waals surface area contributed by atoms with E-state index in [1.807, 2.05) is 36.4 Å². The summed E-state index contributed by atoms with van der Waals surface area (Å²) < 4.78 is 0. The van der Waals surface area contributed by atoms with E-state index in [2.05, 4.69) is 16.4 Å². The van der Waals surface area contributed by atoms with Gasteiger partial charge in [-0.3, -0.25) is 14.9 Å². The lowest BCUT2D eigenvalue weighted by molar-refractivity contribution is -0.126. The Hall–Kier alpha value is -2.36. The molecule has 2 aliphatic rings. The van der Waals surface area contributed by atoms with Crippen LogP contribution in [-0.2, 0) is 9.59 Å². The molecule has 4 rings (SSSR count). The van der Waals surface area contributed by atoms with Crippen LogP contribution in [0.1, 0.15) is 18.0 Å². The van der Waals surface area contributed by atoms with Crippen LogP contribution in [0.5, 0.6) is 0 Å². The number of carbonyl (C=O) groups is 2. The number of carbonyl (C=O) groups excluding carboxylic acids is 2. The fourth-order valence-electron chi connectivity index (χ4n) is 3.39. The smallest absolute Gasteiger partial charge is 0.234 e. The molecule has 1 aromatic heterocycles.